The highest BCUT2D eigenvalue weighted by atomic mass is 16.5. The van der Waals surface area contributed by atoms with Crippen LogP contribution in [0.15, 0.2) is 65.7 Å². The van der Waals surface area contributed by atoms with Gasteiger partial charge in [-0.1, -0.05) is 17.7 Å². The largest absolute Gasteiger partial charge is 0.497 e. The van der Waals surface area contributed by atoms with E-state index in [0.29, 0.717) is 19.6 Å². The molecule has 35 heavy (non-hydrogen) atoms. The third-order valence-electron chi connectivity index (χ3n) is 6.47. The van der Waals surface area contributed by atoms with Crippen molar-refractivity contribution in [3.63, 3.8) is 0 Å². The standard InChI is InChI=1S/C28H30N4O3/c1-18-6-12-25-23(15-18)27(30-24-11-5-19(2)16-26(24)35-25)31-13-14-32(20(3)17-31)28(33)29-21-7-9-22(34-4)10-8-21/h5-12,15-16,20H,13-14,17H2,1-4H3,(H,29,33)/t20-/m0/s1. The van der Waals surface area contributed by atoms with Crippen LogP contribution in [0.3, 0.4) is 0 Å². The Morgan fingerprint density at radius 3 is 2.49 bits per heavy atom. The van der Waals surface area contributed by atoms with Crippen molar-refractivity contribution < 1.29 is 14.3 Å². The zero-order valence-electron chi connectivity index (χ0n) is 20.5. The number of methoxy groups -OCH3 is 1. The maximum absolute atomic E-state index is 13.0. The van der Waals surface area contributed by atoms with E-state index >= 15 is 0 Å². The Labute approximate surface area is 206 Å². The summed E-state index contributed by atoms with van der Waals surface area (Å²) in [7, 11) is 1.62. The van der Waals surface area contributed by atoms with E-state index in [4.69, 9.17) is 14.5 Å². The predicted molar refractivity (Wildman–Crippen MR) is 138 cm³/mol. The van der Waals surface area contributed by atoms with Crippen LogP contribution >= 0.6 is 0 Å². The Kier molecular flexibility index (Phi) is 6.07. The maximum atomic E-state index is 13.0. The molecule has 0 aromatic heterocycles. The van der Waals surface area contributed by atoms with Gasteiger partial charge in [-0.25, -0.2) is 9.79 Å². The van der Waals surface area contributed by atoms with Gasteiger partial charge in [0.15, 0.2) is 5.75 Å². The van der Waals surface area contributed by atoms with E-state index in [9.17, 15) is 4.79 Å². The number of nitrogens with one attached hydrogen (secondary N) is 1. The van der Waals surface area contributed by atoms with Crippen LogP contribution in [0.25, 0.3) is 0 Å². The molecule has 2 aliphatic heterocycles. The normalized spacial score (nSPS) is 16.9. The van der Waals surface area contributed by atoms with Crippen molar-refractivity contribution in [2.45, 2.75) is 26.8 Å². The molecule has 2 heterocycles. The minimum absolute atomic E-state index is 0.000354. The molecule has 1 saturated heterocycles. The van der Waals surface area contributed by atoms with Gasteiger partial charge in [0, 0.05) is 31.4 Å². The maximum Gasteiger partial charge on any atom is 0.322 e. The summed E-state index contributed by atoms with van der Waals surface area (Å²) in [4.78, 5) is 22.2. The summed E-state index contributed by atoms with van der Waals surface area (Å²) in [5.74, 6) is 3.19. The van der Waals surface area contributed by atoms with Crippen molar-refractivity contribution in [1.82, 2.24) is 9.80 Å². The summed E-state index contributed by atoms with van der Waals surface area (Å²) in [6.07, 6.45) is 0. The molecular weight excluding hydrogens is 440 g/mol. The molecule has 0 bridgehead atoms. The van der Waals surface area contributed by atoms with Gasteiger partial charge >= 0.3 is 6.03 Å². The second-order valence-electron chi connectivity index (χ2n) is 9.16. The number of ether oxygens (including phenoxy) is 2. The van der Waals surface area contributed by atoms with Crippen molar-refractivity contribution in [2.24, 2.45) is 4.99 Å². The number of hydrogen-bond acceptors (Lipinski definition) is 5. The molecule has 2 amide bonds. The number of carbonyl (C=O) groups excluding carboxylic acids is 1. The minimum Gasteiger partial charge on any atom is -0.497 e. The molecule has 1 N–H and O–H groups in total. The molecule has 180 valence electrons. The summed E-state index contributed by atoms with van der Waals surface area (Å²) >= 11 is 0. The fourth-order valence-electron chi connectivity index (χ4n) is 4.56. The van der Waals surface area contributed by atoms with Gasteiger partial charge in [0.1, 0.15) is 23.0 Å². The van der Waals surface area contributed by atoms with Gasteiger partial charge in [-0.2, -0.15) is 0 Å². The molecule has 0 radical (unpaired) electrons. The molecule has 0 unspecified atom stereocenters. The van der Waals surface area contributed by atoms with Crippen molar-refractivity contribution in [3.05, 3.63) is 77.4 Å². The lowest BCUT2D eigenvalue weighted by Crippen LogP contribution is -2.56. The number of anilines is 1. The van der Waals surface area contributed by atoms with E-state index in [0.717, 1.165) is 51.1 Å². The first kappa shape index (κ1) is 22.8. The summed E-state index contributed by atoms with van der Waals surface area (Å²) < 4.78 is 11.5. The number of amidine groups is 1. The number of piperazine rings is 1. The van der Waals surface area contributed by atoms with Crippen molar-refractivity contribution in [3.8, 4) is 17.2 Å². The van der Waals surface area contributed by atoms with E-state index < -0.39 is 0 Å². The van der Waals surface area contributed by atoms with Crippen LogP contribution in [0.1, 0.15) is 23.6 Å². The highest BCUT2D eigenvalue weighted by Gasteiger charge is 2.31. The highest BCUT2D eigenvalue weighted by molar-refractivity contribution is 6.04. The molecule has 1 fully saturated rings. The third-order valence-corrected chi connectivity index (χ3v) is 6.47. The SMILES string of the molecule is COc1ccc(NC(=O)N2CCN(C3=Nc4ccc(C)cc4Oc4ccc(C)cc43)C[C@@H]2C)cc1. The van der Waals surface area contributed by atoms with Gasteiger partial charge in [0.05, 0.1) is 12.7 Å². The van der Waals surface area contributed by atoms with Gasteiger partial charge < -0.3 is 24.6 Å². The van der Waals surface area contributed by atoms with Crippen LogP contribution in [-0.2, 0) is 0 Å². The Bertz CT molecular complexity index is 1290. The molecule has 0 saturated carbocycles. The molecule has 3 aromatic rings. The van der Waals surface area contributed by atoms with E-state index in [1.54, 1.807) is 7.11 Å². The van der Waals surface area contributed by atoms with Crippen LogP contribution in [0, 0.1) is 13.8 Å². The van der Waals surface area contributed by atoms with Gasteiger partial charge in [-0.05, 0) is 74.9 Å². The van der Waals surface area contributed by atoms with Crippen molar-refractivity contribution in [2.75, 3.05) is 32.1 Å². The number of hydrogen-bond donors (Lipinski definition) is 1. The number of aliphatic imine (C=N–C) groups is 1. The van der Waals surface area contributed by atoms with E-state index in [1.165, 1.54) is 0 Å². The Morgan fingerprint density at radius 1 is 1.00 bits per heavy atom. The van der Waals surface area contributed by atoms with Crippen LogP contribution in [0.4, 0.5) is 16.2 Å². The fourth-order valence-corrected chi connectivity index (χ4v) is 4.56. The number of urea groups is 1. The molecule has 7 heteroatoms. The van der Waals surface area contributed by atoms with Gasteiger partial charge in [-0.15, -0.1) is 0 Å². The summed E-state index contributed by atoms with van der Waals surface area (Å²) in [6.45, 7) is 8.13. The quantitative estimate of drug-likeness (QED) is 0.519. The monoisotopic (exact) mass is 470 g/mol. The lowest BCUT2D eigenvalue weighted by Gasteiger charge is -2.41. The first-order chi connectivity index (χ1) is 16.9. The van der Waals surface area contributed by atoms with Crippen molar-refractivity contribution >= 4 is 23.2 Å². The number of amides is 2. The molecule has 5 rings (SSSR count). The Balaban J connectivity index is 1.38. The molecule has 0 spiro atoms. The van der Waals surface area contributed by atoms with E-state index in [2.05, 4.69) is 42.3 Å². The van der Waals surface area contributed by atoms with E-state index in [1.807, 2.05) is 54.3 Å². The number of fused-ring (bicyclic) bond motifs is 2. The lowest BCUT2D eigenvalue weighted by molar-refractivity contribution is 0.145. The average Bonchev–Trinajstić information content (AvgIpc) is 3.00. The van der Waals surface area contributed by atoms with Gasteiger partial charge in [0.2, 0.25) is 0 Å². The second kappa shape index (κ2) is 9.33. The first-order valence-electron chi connectivity index (χ1n) is 11.9. The predicted octanol–water partition coefficient (Wildman–Crippen LogP) is 5.73. The topological polar surface area (TPSA) is 66.4 Å². The zero-order chi connectivity index (χ0) is 24.5. The minimum atomic E-state index is -0.106. The van der Waals surface area contributed by atoms with Crippen LogP contribution < -0.4 is 14.8 Å². The van der Waals surface area contributed by atoms with Gasteiger partial charge in [-0.3, -0.25) is 0 Å². The van der Waals surface area contributed by atoms with Crippen LogP contribution in [-0.4, -0.2) is 54.5 Å². The smallest absolute Gasteiger partial charge is 0.322 e. The van der Waals surface area contributed by atoms with Crippen LogP contribution in [0.5, 0.6) is 17.2 Å². The highest BCUT2D eigenvalue weighted by Crippen LogP contribution is 2.39. The number of rotatable bonds is 2. The molecule has 7 nitrogen and oxygen atoms in total. The number of nitrogens with zero attached hydrogens (tertiary/aromatic N) is 3. The lowest BCUT2D eigenvalue weighted by atomic mass is 10.1. The number of aryl methyl sites for hydroxylation is 2. The Hall–Kier alpha value is -4.00. The summed E-state index contributed by atoms with van der Waals surface area (Å²) in [6, 6.07) is 19.5. The second-order valence-corrected chi connectivity index (χ2v) is 9.16. The van der Waals surface area contributed by atoms with Gasteiger partial charge in [0.25, 0.3) is 0 Å². The molecule has 0 aliphatic carbocycles. The number of carbonyl (C=O) groups is 1. The third kappa shape index (κ3) is 4.67. The summed E-state index contributed by atoms with van der Waals surface area (Å²) in [5.41, 5.74) is 4.80. The average molecular weight is 471 g/mol. The summed E-state index contributed by atoms with van der Waals surface area (Å²) in [5, 5.41) is 3.00. The fraction of sp³-hybridized carbons (Fsp3) is 0.286. The first-order valence-corrected chi connectivity index (χ1v) is 11.9. The Morgan fingerprint density at radius 2 is 1.74 bits per heavy atom. The molecule has 1 atom stereocenters. The zero-order valence-corrected chi connectivity index (χ0v) is 20.5. The number of benzene rings is 3. The van der Waals surface area contributed by atoms with Crippen molar-refractivity contribution in [1.29, 1.82) is 0 Å². The molecule has 2 aliphatic rings. The molecular formula is C28H30N4O3. The van der Waals surface area contributed by atoms with Crippen LogP contribution in [0.2, 0.25) is 0 Å². The van der Waals surface area contributed by atoms with E-state index in [-0.39, 0.29) is 12.1 Å². The molecule has 3 aromatic carbocycles.